The van der Waals surface area contributed by atoms with E-state index in [1.54, 1.807) is 4.68 Å². The highest BCUT2D eigenvalue weighted by molar-refractivity contribution is 7.71. The lowest BCUT2D eigenvalue weighted by molar-refractivity contribution is 0.118. The van der Waals surface area contributed by atoms with E-state index in [9.17, 15) is 0 Å². The zero-order valence-electron chi connectivity index (χ0n) is 11.5. The molecule has 1 aliphatic heterocycles. The van der Waals surface area contributed by atoms with Crippen molar-refractivity contribution in [3.05, 3.63) is 35.2 Å². The fraction of sp³-hybridized carbons (Fsp3) is 0.429. The number of rotatable bonds is 3. The van der Waals surface area contributed by atoms with Gasteiger partial charge in [0.15, 0.2) is 0 Å². The highest BCUT2D eigenvalue weighted by atomic mass is 32.1. The molecular formula is C14H18N4OS. The molecule has 2 aromatic rings. The molecule has 1 aromatic carbocycles. The van der Waals surface area contributed by atoms with Crippen molar-refractivity contribution < 1.29 is 4.42 Å². The lowest BCUT2D eigenvalue weighted by Gasteiger charge is -2.31. The van der Waals surface area contributed by atoms with Gasteiger partial charge in [0.1, 0.15) is 0 Å². The minimum atomic E-state index is 0.433. The van der Waals surface area contributed by atoms with Crippen LogP contribution in [0.15, 0.2) is 34.7 Å². The van der Waals surface area contributed by atoms with E-state index in [-0.39, 0.29) is 0 Å². The predicted octanol–water partition coefficient (Wildman–Crippen LogP) is 2.08. The SMILES string of the molecule is CN1CCN(Cn2nc(-c3ccccc3)oc2=S)CC1. The second kappa shape index (κ2) is 5.87. The summed E-state index contributed by atoms with van der Waals surface area (Å²) < 4.78 is 7.36. The second-order valence-corrected chi connectivity index (χ2v) is 5.45. The maximum Gasteiger partial charge on any atom is 0.288 e. The van der Waals surface area contributed by atoms with E-state index in [0.29, 0.717) is 17.4 Å². The van der Waals surface area contributed by atoms with Crippen molar-refractivity contribution in [3.8, 4) is 11.5 Å². The predicted molar refractivity (Wildman–Crippen MR) is 79.8 cm³/mol. The first-order valence-electron chi connectivity index (χ1n) is 6.76. The number of piperazine rings is 1. The summed E-state index contributed by atoms with van der Waals surface area (Å²) in [5.74, 6) is 0.588. The molecule has 0 spiro atoms. The molecule has 6 heteroatoms. The van der Waals surface area contributed by atoms with E-state index in [0.717, 1.165) is 31.7 Å². The lowest BCUT2D eigenvalue weighted by atomic mass is 10.2. The van der Waals surface area contributed by atoms with Crippen molar-refractivity contribution in [3.63, 3.8) is 0 Å². The minimum absolute atomic E-state index is 0.433. The van der Waals surface area contributed by atoms with Gasteiger partial charge in [-0.05, 0) is 31.4 Å². The molecule has 0 amide bonds. The van der Waals surface area contributed by atoms with Crippen molar-refractivity contribution in [1.29, 1.82) is 0 Å². The fourth-order valence-electron chi connectivity index (χ4n) is 2.27. The number of nitrogens with zero attached hydrogens (tertiary/aromatic N) is 4. The average Bonchev–Trinajstić information content (AvgIpc) is 2.84. The summed E-state index contributed by atoms with van der Waals surface area (Å²) in [6.45, 7) is 4.92. The Labute approximate surface area is 123 Å². The van der Waals surface area contributed by atoms with Crippen LogP contribution in [-0.4, -0.2) is 52.8 Å². The molecule has 0 aliphatic carbocycles. The van der Waals surface area contributed by atoms with Crippen LogP contribution in [-0.2, 0) is 6.67 Å². The molecule has 2 heterocycles. The number of hydrogen-bond donors (Lipinski definition) is 0. The van der Waals surface area contributed by atoms with E-state index in [1.165, 1.54) is 0 Å². The maximum atomic E-state index is 5.59. The van der Waals surface area contributed by atoms with Gasteiger partial charge >= 0.3 is 0 Å². The first-order valence-corrected chi connectivity index (χ1v) is 7.17. The molecular weight excluding hydrogens is 272 g/mol. The van der Waals surface area contributed by atoms with E-state index in [2.05, 4.69) is 21.9 Å². The summed E-state index contributed by atoms with van der Waals surface area (Å²) in [6.07, 6.45) is 0. The van der Waals surface area contributed by atoms with Crippen LogP contribution in [0.2, 0.25) is 0 Å². The number of likely N-dealkylation sites (N-methyl/N-ethyl adjacent to an activating group) is 1. The molecule has 0 radical (unpaired) electrons. The molecule has 0 bridgehead atoms. The Bertz CT molecular complexity index is 614. The van der Waals surface area contributed by atoms with Crippen molar-refractivity contribution in [2.75, 3.05) is 33.2 Å². The Balaban J connectivity index is 1.75. The third kappa shape index (κ3) is 2.98. The summed E-state index contributed by atoms with van der Waals surface area (Å²) in [6, 6.07) is 9.85. The Morgan fingerprint density at radius 2 is 1.85 bits per heavy atom. The molecule has 0 N–H and O–H groups in total. The van der Waals surface area contributed by atoms with Crippen LogP contribution in [0, 0.1) is 4.84 Å². The van der Waals surface area contributed by atoms with Crippen LogP contribution >= 0.6 is 12.2 Å². The molecule has 1 aliphatic rings. The third-order valence-electron chi connectivity index (χ3n) is 3.56. The highest BCUT2D eigenvalue weighted by Crippen LogP contribution is 2.17. The molecule has 3 rings (SSSR count). The van der Waals surface area contributed by atoms with Gasteiger partial charge < -0.3 is 9.32 Å². The summed E-state index contributed by atoms with van der Waals surface area (Å²) in [7, 11) is 2.15. The highest BCUT2D eigenvalue weighted by Gasteiger charge is 2.16. The van der Waals surface area contributed by atoms with E-state index in [4.69, 9.17) is 16.6 Å². The molecule has 5 nitrogen and oxygen atoms in total. The zero-order valence-corrected chi connectivity index (χ0v) is 12.3. The Morgan fingerprint density at radius 1 is 1.15 bits per heavy atom. The van der Waals surface area contributed by atoms with Gasteiger partial charge in [0, 0.05) is 31.7 Å². The molecule has 1 saturated heterocycles. The lowest BCUT2D eigenvalue weighted by Crippen LogP contribution is -2.45. The summed E-state index contributed by atoms with van der Waals surface area (Å²) in [5.41, 5.74) is 0.954. The van der Waals surface area contributed by atoms with Crippen LogP contribution in [0.25, 0.3) is 11.5 Å². The van der Waals surface area contributed by atoms with Crippen LogP contribution in [0.1, 0.15) is 0 Å². The number of hydrogen-bond acceptors (Lipinski definition) is 5. The third-order valence-corrected chi connectivity index (χ3v) is 3.85. The van der Waals surface area contributed by atoms with Crippen LogP contribution in [0.4, 0.5) is 0 Å². The van der Waals surface area contributed by atoms with Gasteiger partial charge in [-0.25, -0.2) is 4.68 Å². The topological polar surface area (TPSA) is 37.4 Å². The molecule has 1 fully saturated rings. The summed E-state index contributed by atoms with van der Waals surface area (Å²) in [4.78, 5) is 5.10. The second-order valence-electron chi connectivity index (χ2n) is 5.10. The minimum Gasteiger partial charge on any atom is -0.409 e. The first kappa shape index (κ1) is 13.5. The zero-order chi connectivity index (χ0) is 13.9. The summed E-state index contributed by atoms with van der Waals surface area (Å²) in [5, 5.41) is 4.48. The van der Waals surface area contributed by atoms with Gasteiger partial charge in [-0.15, -0.1) is 5.10 Å². The smallest absolute Gasteiger partial charge is 0.288 e. The first-order chi connectivity index (χ1) is 9.72. The summed E-state index contributed by atoms with van der Waals surface area (Å²) >= 11 is 5.26. The Morgan fingerprint density at radius 3 is 2.55 bits per heavy atom. The average molecular weight is 290 g/mol. The molecule has 106 valence electrons. The number of aromatic nitrogens is 2. The normalized spacial score (nSPS) is 17.4. The van der Waals surface area contributed by atoms with Crippen molar-refractivity contribution in [2.24, 2.45) is 0 Å². The van der Waals surface area contributed by atoms with Crippen molar-refractivity contribution >= 4 is 12.2 Å². The Kier molecular flexibility index (Phi) is 3.95. The van der Waals surface area contributed by atoms with Crippen LogP contribution in [0.5, 0.6) is 0 Å². The van der Waals surface area contributed by atoms with E-state index < -0.39 is 0 Å². The van der Waals surface area contributed by atoms with Crippen LogP contribution in [0.3, 0.4) is 0 Å². The molecule has 0 unspecified atom stereocenters. The van der Waals surface area contributed by atoms with E-state index in [1.807, 2.05) is 30.3 Å². The Hall–Kier alpha value is -1.50. The van der Waals surface area contributed by atoms with Gasteiger partial charge in [0.05, 0.1) is 6.67 Å². The molecule has 0 saturated carbocycles. The van der Waals surface area contributed by atoms with E-state index >= 15 is 0 Å². The molecule has 20 heavy (non-hydrogen) atoms. The quantitative estimate of drug-likeness (QED) is 0.809. The van der Waals surface area contributed by atoms with Crippen molar-refractivity contribution in [1.82, 2.24) is 19.6 Å². The molecule has 0 atom stereocenters. The van der Waals surface area contributed by atoms with Gasteiger partial charge in [-0.2, -0.15) is 0 Å². The molecule has 1 aromatic heterocycles. The largest absolute Gasteiger partial charge is 0.409 e. The fourth-order valence-corrected chi connectivity index (χ4v) is 2.45. The van der Waals surface area contributed by atoms with Gasteiger partial charge in [0.25, 0.3) is 4.84 Å². The van der Waals surface area contributed by atoms with Crippen LogP contribution < -0.4 is 0 Å². The maximum absolute atomic E-state index is 5.59. The standard InChI is InChI=1S/C14H18N4OS/c1-16-7-9-17(10-8-16)11-18-14(20)19-13(15-18)12-5-3-2-4-6-12/h2-6H,7-11H2,1H3. The van der Waals surface area contributed by atoms with Gasteiger partial charge in [-0.3, -0.25) is 4.90 Å². The monoisotopic (exact) mass is 290 g/mol. The number of benzene rings is 1. The van der Waals surface area contributed by atoms with Crippen molar-refractivity contribution in [2.45, 2.75) is 6.67 Å². The van der Waals surface area contributed by atoms with Gasteiger partial charge in [0.2, 0.25) is 5.89 Å². The van der Waals surface area contributed by atoms with Gasteiger partial charge in [-0.1, -0.05) is 18.2 Å².